The van der Waals surface area contributed by atoms with Gasteiger partial charge in [0.2, 0.25) is 0 Å². The molecule has 0 saturated heterocycles. The molecule has 0 fully saturated rings. The van der Waals surface area contributed by atoms with Gasteiger partial charge in [-0.25, -0.2) is 13.4 Å². The number of rotatable bonds is 7. The van der Waals surface area contributed by atoms with Gasteiger partial charge in [-0.05, 0) is 35.4 Å². The number of amides is 1. The Kier molecular flexibility index (Phi) is 6.37. The maximum absolute atomic E-state index is 13.4. The fraction of sp³-hybridized carbons (Fsp3) is 0.160. The van der Waals surface area contributed by atoms with Crippen LogP contribution in [0, 0.1) is 0 Å². The number of hydrogen-bond donors (Lipinski definition) is 1. The van der Waals surface area contributed by atoms with Crippen LogP contribution in [0.25, 0.3) is 10.9 Å². The number of sulfone groups is 1. The molecule has 0 aliphatic carbocycles. The lowest BCUT2D eigenvalue weighted by molar-refractivity contribution is 0.0725. The molecule has 0 saturated carbocycles. The number of fused-ring (bicyclic) bond motifs is 1. The van der Waals surface area contributed by atoms with E-state index in [9.17, 15) is 18.0 Å². The Morgan fingerprint density at radius 1 is 0.879 bits per heavy atom. The monoisotopic (exact) mass is 461 g/mol. The van der Waals surface area contributed by atoms with E-state index in [0.29, 0.717) is 34.4 Å². The van der Waals surface area contributed by atoms with Gasteiger partial charge < -0.3 is 9.88 Å². The van der Waals surface area contributed by atoms with Crippen molar-refractivity contribution in [2.24, 2.45) is 0 Å². The second-order valence-corrected chi connectivity index (χ2v) is 10.1. The van der Waals surface area contributed by atoms with Crippen LogP contribution in [0.4, 0.5) is 0 Å². The summed E-state index contributed by atoms with van der Waals surface area (Å²) in [4.78, 5) is 34.8. The molecule has 0 aliphatic heterocycles. The van der Waals surface area contributed by atoms with Gasteiger partial charge in [-0.3, -0.25) is 9.59 Å². The Balaban J connectivity index is 1.65. The van der Waals surface area contributed by atoms with Gasteiger partial charge in [-0.1, -0.05) is 54.6 Å². The second kappa shape index (κ2) is 9.38. The number of H-pyrrole nitrogens is 1. The van der Waals surface area contributed by atoms with Crippen LogP contribution in [0.15, 0.2) is 83.7 Å². The summed E-state index contributed by atoms with van der Waals surface area (Å²) in [5.74, 6) is 0.0505. The molecule has 0 aliphatic rings. The van der Waals surface area contributed by atoms with E-state index in [1.54, 1.807) is 47.4 Å². The molecule has 7 nitrogen and oxygen atoms in total. The molecule has 1 amide bonds. The van der Waals surface area contributed by atoms with E-state index in [-0.39, 0.29) is 23.8 Å². The molecule has 0 radical (unpaired) electrons. The molecule has 0 bridgehead atoms. The van der Waals surface area contributed by atoms with E-state index in [2.05, 4.69) is 9.97 Å². The van der Waals surface area contributed by atoms with Crippen LogP contribution in [-0.4, -0.2) is 35.4 Å². The summed E-state index contributed by atoms with van der Waals surface area (Å²) in [7, 11) is -3.17. The summed E-state index contributed by atoms with van der Waals surface area (Å²) in [6, 6.07) is 23.1. The Morgan fingerprint density at radius 2 is 1.55 bits per heavy atom. The number of carbonyl (C=O) groups excluding carboxylic acids is 1. The summed E-state index contributed by atoms with van der Waals surface area (Å²) in [6.45, 7) is 0.431. The fourth-order valence-corrected chi connectivity index (χ4v) is 4.42. The van der Waals surface area contributed by atoms with Gasteiger partial charge in [0, 0.05) is 18.4 Å². The standard InChI is InChI=1S/C25H23N3O4S/c1-33(31,32)17-19-11-13-20(14-12-19)25(30)28(15-18-7-3-2-4-8-18)16-23-26-22-10-6-5-9-21(22)24(29)27-23/h2-14H,15-17H2,1H3,(H,26,27,29). The molecular formula is C25H23N3O4S. The SMILES string of the molecule is CS(=O)(=O)Cc1ccc(C(=O)N(Cc2ccccc2)Cc2nc3ccccc3c(=O)[nH]2)cc1. The largest absolute Gasteiger partial charge is 0.327 e. The highest BCUT2D eigenvalue weighted by atomic mass is 32.2. The van der Waals surface area contributed by atoms with E-state index >= 15 is 0 Å². The molecule has 3 aromatic carbocycles. The molecule has 168 valence electrons. The van der Waals surface area contributed by atoms with E-state index in [1.165, 1.54) is 6.26 Å². The third kappa shape index (κ3) is 5.72. The first-order chi connectivity index (χ1) is 15.8. The van der Waals surface area contributed by atoms with E-state index in [0.717, 1.165) is 5.56 Å². The van der Waals surface area contributed by atoms with Crippen LogP contribution in [0.1, 0.15) is 27.3 Å². The summed E-state index contributed by atoms with van der Waals surface area (Å²) < 4.78 is 23.1. The molecule has 1 aromatic heterocycles. The minimum atomic E-state index is -3.17. The number of carbonyl (C=O) groups is 1. The predicted octanol–water partition coefficient (Wildman–Crippen LogP) is 3.31. The van der Waals surface area contributed by atoms with Gasteiger partial charge >= 0.3 is 0 Å². The Morgan fingerprint density at radius 3 is 2.24 bits per heavy atom. The zero-order valence-electron chi connectivity index (χ0n) is 18.1. The minimum Gasteiger partial charge on any atom is -0.327 e. The van der Waals surface area contributed by atoms with E-state index in [1.807, 2.05) is 36.4 Å². The van der Waals surface area contributed by atoms with Crippen LogP contribution < -0.4 is 5.56 Å². The van der Waals surface area contributed by atoms with E-state index < -0.39 is 9.84 Å². The fourth-order valence-electron chi connectivity index (χ4n) is 3.62. The first-order valence-electron chi connectivity index (χ1n) is 10.4. The lowest BCUT2D eigenvalue weighted by Gasteiger charge is -2.23. The molecule has 0 atom stereocenters. The molecule has 4 aromatic rings. The first kappa shape index (κ1) is 22.4. The Bertz CT molecular complexity index is 1450. The van der Waals surface area contributed by atoms with Gasteiger partial charge in [-0.2, -0.15) is 0 Å². The smallest absolute Gasteiger partial charge is 0.258 e. The number of hydrogen-bond acceptors (Lipinski definition) is 5. The highest BCUT2D eigenvalue weighted by Crippen LogP contribution is 2.15. The molecule has 1 heterocycles. The van der Waals surface area contributed by atoms with Crippen LogP contribution in [-0.2, 0) is 28.7 Å². The maximum atomic E-state index is 13.4. The minimum absolute atomic E-state index is 0.0859. The number of benzene rings is 3. The van der Waals surface area contributed by atoms with Crippen molar-refractivity contribution >= 4 is 26.6 Å². The average Bonchev–Trinajstić information content (AvgIpc) is 2.78. The van der Waals surface area contributed by atoms with Gasteiger partial charge in [0.25, 0.3) is 11.5 Å². The number of para-hydroxylation sites is 1. The average molecular weight is 462 g/mol. The molecule has 33 heavy (non-hydrogen) atoms. The van der Waals surface area contributed by atoms with Gasteiger partial charge in [0.1, 0.15) is 5.82 Å². The Hall–Kier alpha value is -3.78. The summed E-state index contributed by atoms with van der Waals surface area (Å²) >= 11 is 0. The van der Waals surface area contributed by atoms with Crippen molar-refractivity contribution in [3.8, 4) is 0 Å². The summed E-state index contributed by atoms with van der Waals surface area (Å²) in [5.41, 5.74) is 2.28. The van der Waals surface area contributed by atoms with Crippen molar-refractivity contribution < 1.29 is 13.2 Å². The number of nitrogens with one attached hydrogen (secondary N) is 1. The number of aromatic nitrogens is 2. The summed E-state index contributed by atoms with van der Waals surface area (Å²) in [5, 5.41) is 0.489. The van der Waals surface area contributed by atoms with Gasteiger partial charge in [-0.15, -0.1) is 0 Å². The Labute approximate surface area is 191 Å². The number of nitrogens with zero attached hydrogens (tertiary/aromatic N) is 2. The first-order valence-corrected chi connectivity index (χ1v) is 12.4. The highest BCUT2D eigenvalue weighted by molar-refractivity contribution is 7.89. The predicted molar refractivity (Wildman–Crippen MR) is 127 cm³/mol. The normalized spacial score (nSPS) is 11.4. The number of aromatic amines is 1. The second-order valence-electron chi connectivity index (χ2n) is 7.94. The highest BCUT2D eigenvalue weighted by Gasteiger charge is 2.19. The lowest BCUT2D eigenvalue weighted by atomic mass is 10.1. The van der Waals surface area contributed by atoms with Crippen molar-refractivity contribution in [3.05, 3.63) is 112 Å². The topological polar surface area (TPSA) is 100 Å². The van der Waals surface area contributed by atoms with Crippen molar-refractivity contribution in [1.82, 2.24) is 14.9 Å². The van der Waals surface area contributed by atoms with Crippen LogP contribution >= 0.6 is 0 Å². The lowest BCUT2D eigenvalue weighted by Crippen LogP contribution is -2.31. The third-order valence-electron chi connectivity index (χ3n) is 5.14. The van der Waals surface area contributed by atoms with Crippen molar-refractivity contribution in [2.45, 2.75) is 18.8 Å². The van der Waals surface area contributed by atoms with Crippen LogP contribution in [0.2, 0.25) is 0 Å². The molecule has 8 heteroatoms. The maximum Gasteiger partial charge on any atom is 0.258 e. The zero-order chi connectivity index (χ0) is 23.4. The van der Waals surface area contributed by atoms with Crippen molar-refractivity contribution in [2.75, 3.05) is 6.26 Å². The molecule has 0 unspecified atom stereocenters. The molecule has 4 rings (SSSR count). The van der Waals surface area contributed by atoms with Crippen LogP contribution in [0.5, 0.6) is 0 Å². The molecule has 1 N–H and O–H groups in total. The van der Waals surface area contributed by atoms with Crippen molar-refractivity contribution in [3.63, 3.8) is 0 Å². The van der Waals surface area contributed by atoms with Gasteiger partial charge in [0.15, 0.2) is 9.84 Å². The van der Waals surface area contributed by atoms with Crippen molar-refractivity contribution in [1.29, 1.82) is 0 Å². The van der Waals surface area contributed by atoms with Crippen LogP contribution in [0.3, 0.4) is 0 Å². The third-order valence-corrected chi connectivity index (χ3v) is 5.99. The molecular weight excluding hydrogens is 438 g/mol. The quantitative estimate of drug-likeness (QED) is 0.455. The van der Waals surface area contributed by atoms with Gasteiger partial charge in [0.05, 0.1) is 23.2 Å². The summed E-state index contributed by atoms with van der Waals surface area (Å²) in [6.07, 6.45) is 1.17. The van der Waals surface area contributed by atoms with E-state index in [4.69, 9.17) is 0 Å². The molecule has 0 spiro atoms. The zero-order valence-corrected chi connectivity index (χ0v) is 18.9.